The maximum absolute atomic E-state index is 13.8. The highest BCUT2D eigenvalue weighted by molar-refractivity contribution is 6.79. The summed E-state index contributed by atoms with van der Waals surface area (Å²) in [4.78, 5) is 13.8. The Kier molecular flexibility index (Phi) is 10.3. The third-order valence-electron chi connectivity index (χ3n) is 8.31. The van der Waals surface area contributed by atoms with Gasteiger partial charge in [0.25, 0.3) is 14.3 Å². The van der Waals surface area contributed by atoms with E-state index in [9.17, 15) is 4.79 Å². The summed E-state index contributed by atoms with van der Waals surface area (Å²) >= 11 is 0. The van der Waals surface area contributed by atoms with Gasteiger partial charge in [0.05, 0.1) is 5.92 Å². The van der Waals surface area contributed by atoms with E-state index in [1.165, 1.54) is 77.0 Å². The van der Waals surface area contributed by atoms with E-state index in [0.29, 0.717) is 42.5 Å². The maximum Gasteiger partial charge on any atom is 0.501 e. The van der Waals surface area contributed by atoms with Crippen LogP contribution in [0.15, 0.2) is 0 Å². The summed E-state index contributed by atoms with van der Waals surface area (Å²) in [6.45, 7) is 9.55. The molecule has 0 aliphatic heterocycles. The normalized spacial score (nSPS) is 22.6. The van der Waals surface area contributed by atoms with Gasteiger partial charge in [-0.05, 0) is 75.9 Å². The molecule has 1 atom stereocenters. The number of hydrogen-bond donors (Lipinski definition) is 0. The lowest BCUT2D eigenvalue weighted by molar-refractivity contribution is -0.139. The summed E-state index contributed by atoms with van der Waals surface area (Å²) < 4.78 is 25.2. The van der Waals surface area contributed by atoms with Gasteiger partial charge >= 0.3 is 8.80 Å². The lowest BCUT2D eigenvalue weighted by Gasteiger charge is -2.45. The van der Waals surface area contributed by atoms with E-state index in [2.05, 4.69) is 0 Å². The molecule has 3 aliphatic carbocycles. The summed E-state index contributed by atoms with van der Waals surface area (Å²) in [6.07, 6.45) is 15.7. The second-order valence-electron chi connectivity index (χ2n) is 10.3. The molecule has 3 fully saturated rings. The molecule has 0 radical (unpaired) electrons. The first-order chi connectivity index (χ1) is 15.5. The van der Waals surface area contributed by atoms with Crippen molar-refractivity contribution >= 4 is 23.1 Å². The van der Waals surface area contributed by atoms with Crippen molar-refractivity contribution in [2.24, 2.45) is 5.92 Å². The fourth-order valence-electron chi connectivity index (χ4n) is 7.08. The van der Waals surface area contributed by atoms with Gasteiger partial charge in [0, 0.05) is 25.9 Å². The molecule has 0 N–H and O–H groups in total. The molecule has 0 aromatic rings. The largest absolute Gasteiger partial charge is 0.518 e. The Balaban J connectivity index is 1.83. The smallest absolute Gasteiger partial charge is 0.501 e. The van der Waals surface area contributed by atoms with Crippen LogP contribution in [0.3, 0.4) is 0 Å². The van der Waals surface area contributed by atoms with Gasteiger partial charge < -0.3 is 17.7 Å². The Bertz CT molecular complexity index is 511. The fraction of sp³-hybridized carbons (Fsp3) is 0.960. The van der Waals surface area contributed by atoms with Gasteiger partial charge in [0.15, 0.2) is 0 Å². The summed E-state index contributed by atoms with van der Waals surface area (Å²) in [5.74, 6) is -0.235. The van der Waals surface area contributed by atoms with Gasteiger partial charge in [-0.2, -0.15) is 0 Å². The third kappa shape index (κ3) is 5.88. The molecule has 0 aromatic heterocycles. The molecule has 0 saturated heterocycles. The maximum atomic E-state index is 13.8. The van der Waals surface area contributed by atoms with Gasteiger partial charge in [0.2, 0.25) is 0 Å². The lowest BCUT2D eigenvalue weighted by atomic mass is 10.2. The Hall–Kier alpha value is -0.216. The van der Waals surface area contributed by atoms with Crippen LogP contribution in [0.25, 0.3) is 0 Å². The molecule has 1 unspecified atom stereocenters. The zero-order chi connectivity index (χ0) is 23.0. The summed E-state index contributed by atoms with van der Waals surface area (Å²) in [5.41, 5.74) is 2.03. The molecule has 7 heteroatoms. The van der Waals surface area contributed by atoms with Crippen LogP contribution in [0.2, 0.25) is 22.7 Å². The zero-order valence-corrected chi connectivity index (χ0v) is 23.2. The Morgan fingerprint density at radius 2 is 1.06 bits per heavy atom. The predicted molar refractivity (Wildman–Crippen MR) is 133 cm³/mol. The van der Waals surface area contributed by atoms with E-state index < -0.39 is 17.1 Å². The van der Waals surface area contributed by atoms with Crippen LogP contribution in [0.4, 0.5) is 0 Å². The lowest BCUT2D eigenvalue weighted by Crippen LogP contribution is -2.54. The van der Waals surface area contributed by atoms with E-state index in [0.717, 1.165) is 0 Å². The minimum absolute atomic E-state index is 0.0124. The highest BCUT2D eigenvalue weighted by Gasteiger charge is 2.59. The van der Waals surface area contributed by atoms with Gasteiger partial charge in [-0.15, -0.1) is 0 Å². The van der Waals surface area contributed by atoms with Crippen LogP contribution >= 0.6 is 0 Å². The minimum Gasteiger partial charge on any atom is -0.518 e. The van der Waals surface area contributed by atoms with Gasteiger partial charge in [-0.3, -0.25) is 4.79 Å². The molecule has 0 amide bonds. The van der Waals surface area contributed by atoms with Crippen LogP contribution in [0, 0.1) is 5.92 Å². The monoisotopic (exact) mass is 484 g/mol. The van der Waals surface area contributed by atoms with Crippen LogP contribution < -0.4 is 0 Å². The van der Waals surface area contributed by atoms with E-state index in [1.807, 2.05) is 27.7 Å². The van der Waals surface area contributed by atoms with Crippen LogP contribution in [-0.2, 0) is 22.5 Å². The van der Waals surface area contributed by atoms with Gasteiger partial charge in [-0.25, -0.2) is 0 Å². The highest BCUT2D eigenvalue weighted by atomic mass is 28.4. The van der Waals surface area contributed by atoms with Crippen molar-refractivity contribution in [2.45, 2.75) is 127 Å². The standard InChI is InChI=1S/C25H48O5Si2/c1-5-27-31(28-6-2,29-7-3)20-21(4)25(26)30-32(22-14-8-9-15-22,23-16-10-11-17-23)24-18-12-13-19-24/h21-24H,5-20H2,1-4H3. The van der Waals surface area contributed by atoms with Crippen molar-refractivity contribution in [3.8, 4) is 0 Å². The van der Waals surface area contributed by atoms with Crippen LogP contribution in [-0.4, -0.2) is 42.9 Å². The van der Waals surface area contributed by atoms with Crippen molar-refractivity contribution in [2.75, 3.05) is 19.8 Å². The quantitative estimate of drug-likeness (QED) is 0.264. The zero-order valence-electron chi connectivity index (χ0n) is 21.2. The van der Waals surface area contributed by atoms with Crippen molar-refractivity contribution in [1.82, 2.24) is 0 Å². The second-order valence-corrected chi connectivity index (χ2v) is 17.3. The Morgan fingerprint density at radius 3 is 1.38 bits per heavy atom. The molecule has 3 aliphatic rings. The molecule has 186 valence electrons. The highest BCUT2D eigenvalue weighted by Crippen LogP contribution is 2.59. The van der Waals surface area contributed by atoms with Crippen molar-refractivity contribution < 1.29 is 22.5 Å². The Labute approximate surface area is 198 Å². The van der Waals surface area contributed by atoms with Crippen molar-refractivity contribution in [1.29, 1.82) is 0 Å². The van der Waals surface area contributed by atoms with E-state index in [1.54, 1.807) is 0 Å². The molecule has 3 rings (SSSR count). The number of carbonyl (C=O) groups is 1. The fourth-order valence-corrected chi connectivity index (χ4v) is 16.9. The number of carbonyl (C=O) groups excluding carboxylic acids is 1. The average molecular weight is 485 g/mol. The summed E-state index contributed by atoms with van der Waals surface area (Å²) in [6, 6.07) is 0.520. The van der Waals surface area contributed by atoms with Gasteiger partial charge in [-0.1, -0.05) is 45.4 Å². The van der Waals surface area contributed by atoms with E-state index in [4.69, 9.17) is 17.7 Å². The molecule has 3 saturated carbocycles. The minimum atomic E-state index is -2.88. The predicted octanol–water partition coefficient (Wildman–Crippen LogP) is 6.99. The number of hydrogen-bond acceptors (Lipinski definition) is 5. The molecule has 0 heterocycles. The topological polar surface area (TPSA) is 54.0 Å². The first-order valence-corrected chi connectivity index (χ1v) is 17.7. The molecular weight excluding hydrogens is 436 g/mol. The SMILES string of the molecule is CCO[Si](CC(C)C(=O)O[Si](C1CCCC1)(C1CCCC1)C1CCCC1)(OCC)OCC. The van der Waals surface area contributed by atoms with Crippen molar-refractivity contribution in [3.05, 3.63) is 0 Å². The van der Waals surface area contributed by atoms with Gasteiger partial charge in [0.1, 0.15) is 0 Å². The molecule has 0 aromatic carbocycles. The second kappa shape index (κ2) is 12.5. The molecule has 32 heavy (non-hydrogen) atoms. The summed E-state index contributed by atoms with van der Waals surface area (Å²) in [5, 5.41) is 0. The number of rotatable bonds is 13. The molecular formula is C25H48O5Si2. The first kappa shape index (κ1) is 26.4. The van der Waals surface area contributed by atoms with Crippen molar-refractivity contribution in [3.63, 3.8) is 0 Å². The average Bonchev–Trinajstić information content (AvgIpc) is 3.56. The van der Waals surface area contributed by atoms with E-state index >= 15 is 0 Å². The first-order valence-electron chi connectivity index (χ1n) is 13.7. The van der Waals surface area contributed by atoms with Crippen LogP contribution in [0.5, 0.6) is 0 Å². The third-order valence-corrected chi connectivity index (χ3v) is 17.7. The molecule has 5 nitrogen and oxygen atoms in total. The molecule has 0 spiro atoms. The summed E-state index contributed by atoms with van der Waals surface area (Å²) in [7, 11) is -5.09. The molecule has 0 bridgehead atoms. The van der Waals surface area contributed by atoms with E-state index in [-0.39, 0.29) is 11.9 Å². The Morgan fingerprint density at radius 1 is 0.719 bits per heavy atom. The van der Waals surface area contributed by atoms with Crippen LogP contribution in [0.1, 0.15) is 105 Å².